The molecule has 0 aliphatic heterocycles. The van der Waals surface area contributed by atoms with Gasteiger partial charge in [-0.15, -0.1) is 0 Å². The topological polar surface area (TPSA) is 35.0 Å². The second-order valence-electron chi connectivity index (χ2n) is 5.97. The Morgan fingerprint density at radius 1 is 0.958 bits per heavy atom. The van der Waals surface area contributed by atoms with Crippen LogP contribution in [-0.2, 0) is 6.42 Å². The third-order valence-electron chi connectivity index (χ3n) is 4.12. The molecule has 0 saturated carbocycles. The van der Waals surface area contributed by atoms with Gasteiger partial charge in [0.25, 0.3) is 0 Å². The van der Waals surface area contributed by atoms with Gasteiger partial charge in [0.05, 0.1) is 17.6 Å². The molecule has 3 heteroatoms. The highest BCUT2D eigenvalue weighted by molar-refractivity contribution is 5.60. The molecule has 2 aromatic carbocycles. The number of benzene rings is 2. The first-order chi connectivity index (χ1) is 11.7. The van der Waals surface area contributed by atoms with E-state index >= 15 is 0 Å². The van der Waals surface area contributed by atoms with Gasteiger partial charge in [0, 0.05) is 11.8 Å². The molecule has 0 spiro atoms. The number of hydrogen-bond donors (Lipinski definition) is 0. The van der Waals surface area contributed by atoms with Gasteiger partial charge in [-0.2, -0.15) is 0 Å². The highest BCUT2D eigenvalue weighted by Gasteiger charge is 2.06. The molecule has 0 saturated heterocycles. The largest absolute Gasteiger partial charge is 0.457 e. The van der Waals surface area contributed by atoms with E-state index < -0.39 is 0 Å². The van der Waals surface area contributed by atoms with Crippen LogP contribution in [0.5, 0.6) is 11.5 Å². The van der Waals surface area contributed by atoms with Crippen molar-refractivity contribution in [1.82, 2.24) is 9.97 Å². The summed E-state index contributed by atoms with van der Waals surface area (Å²) in [5.74, 6) is 1.69. The predicted molar refractivity (Wildman–Crippen MR) is 97.5 cm³/mol. The minimum Gasteiger partial charge on any atom is -0.457 e. The summed E-state index contributed by atoms with van der Waals surface area (Å²) in [5, 5.41) is 0. The van der Waals surface area contributed by atoms with Crippen molar-refractivity contribution in [3.05, 3.63) is 71.7 Å². The molecule has 3 aromatic rings. The summed E-state index contributed by atoms with van der Waals surface area (Å²) in [6.45, 7) is 6.31. The fourth-order valence-electron chi connectivity index (χ4n) is 2.57. The molecule has 0 aliphatic rings. The molecule has 3 nitrogen and oxygen atoms in total. The van der Waals surface area contributed by atoms with Crippen LogP contribution in [-0.4, -0.2) is 9.97 Å². The summed E-state index contributed by atoms with van der Waals surface area (Å²) in [6.07, 6.45) is 5.73. The van der Waals surface area contributed by atoms with Crippen LogP contribution in [0.4, 0.5) is 0 Å². The molecule has 122 valence electrons. The first-order valence-corrected chi connectivity index (χ1v) is 8.33. The van der Waals surface area contributed by atoms with E-state index in [9.17, 15) is 0 Å². The van der Waals surface area contributed by atoms with Gasteiger partial charge in [0.2, 0.25) is 0 Å². The lowest BCUT2D eigenvalue weighted by molar-refractivity contribution is 0.478. The van der Waals surface area contributed by atoms with Crippen molar-refractivity contribution in [2.45, 2.75) is 33.6 Å². The second kappa shape index (κ2) is 7.26. The maximum atomic E-state index is 6.07. The Morgan fingerprint density at radius 2 is 1.79 bits per heavy atom. The second-order valence-corrected chi connectivity index (χ2v) is 5.97. The number of rotatable bonds is 5. The Kier molecular flexibility index (Phi) is 4.90. The fraction of sp³-hybridized carbons (Fsp3) is 0.238. The molecule has 1 aromatic heterocycles. The molecule has 3 rings (SSSR count). The van der Waals surface area contributed by atoms with Crippen molar-refractivity contribution < 1.29 is 4.74 Å². The van der Waals surface area contributed by atoms with E-state index in [4.69, 9.17) is 4.74 Å². The first-order valence-electron chi connectivity index (χ1n) is 8.33. The monoisotopic (exact) mass is 318 g/mol. The molecule has 0 unspecified atom stereocenters. The van der Waals surface area contributed by atoms with Crippen molar-refractivity contribution in [2.75, 3.05) is 0 Å². The summed E-state index contributed by atoms with van der Waals surface area (Å²) in [5.41, 5.74) is 5.28. The van der Waals surface area contributed by atoms with Crippen molar-refractivity contribution >= 4 is 0 Å². The van der Waals surface area contributed by atoms with E-state index in [1.165, 1.54) is 5.56 Å². The van der Waals surface area contributed by atoms with Gasteiger partial charge in [-0.1, -0.05) is 37.6 Å². The Balaban J connectivity index is 1.85. The maximum Gasteiger partial charge on any atom is 0.130 e. The van der Waals surface area contributed by atoms with E-state index in [2.05, 4.69) is 36.8 Å². The predicted octanol–water partition coefficient (Wildman–Crippen LogP) is 5.51. The van der Waals surface area contributed by atoms with Crippen LogP contribution in [0.1, 0.15) is 30.2 Å². The number of aromatic nitrogens is 2. The van der Waals surface area contributed by atoms with Gasteiger partial charge >= 0.3 is 0 Å². The molecule has 0 N–H and O–H groups in total. The van der Waals surface area contributed by atoms with Gasteiger partial charge < -0.3 is 4.74 Å². The zero-order chi connectivity index (χ0) is 16.9. The molecule has 1 heterocycles. The van der Waals surface area contributed by atoms with Gasteiger partial charge in [0.1, 0.15) is 11.5 Å². The number of hydrogen-bond acceptors (Lipinski definition) is 3. The molecular formula is C21H22N2O. The molecular weight excluding hydrogens is 296 g/mol. The summed E-state index contributed by atoms with van der Waals surface area (Å²) >= 11 is 0. The Bertz CT molecular complexity index is 825. The molecule has 0 amide bonds. The average molecular weight is 318 g/mol. The van der Waals surface area contributed by atoms with E-state index in [0.717, 1.165) is 46.9 Å². The van der Waals surface area contributed by atoms with Gasteiger partial charge in [-0.05, 0) is 49.6 Å². The molecule has 24 heavy (non-hydrogen) atoms. The third kappa shape index (κ3) is 3.62. The summed E-state index contributed by atoms with van der Waals surface area (Å²) in [6, 6.07) is 14.1. The number of ether oxygens (including phenoxy) is 1. The van der Waals surface area contributed by atoms with Gasteiger partial charge in [-0.3, -0.25) is 9.97 Å². The molecule has 0 radical (unpaired) electrons. The summed E-state index contributed by atoms with van der Waals surface area (Å²) in [7, 11) is 0. The quantitative estimate of drug-likeness (QED) is 0.622. The molecule has 0 fully saturated rings. The lowest BCUT2D eigenvalue weighted by atomic mass is 10.1. The van der Waals surface area contributed by atoms with Gasteiger partial charge in [-0.25, -0.2) is 0 Å². The van der Waals surface area contributed by atoms with E-state index in [-0.39, 0.29) is 0 Å². The van der Waals surface area contributed by atoms with Crippen LogP contribution < -0.4 is 4.74 Å². The Labute approximate surface area is 143 Å². The maximum absolute atomic E-state index is 6.07. The van der Waals surface area contributed by atoms with Crippen molar-refractivity contribution in [2.24, 2.45) is 0 Å². The standard InChI is InChI=1S/C21H22N2O/c1-4-7-18-13-23-20(14-22-18)17-9-6-10-19(12-17)24-21-11-5-8-15(2)16(21)3/h5-6,8-14H,4,7H2,1-3H3. The van der Waals surface area contributed by atoms with E-state index in [0.29, 0.717) is 0 Å². The summed E-state index contributed by atoms with van der Waals surface area (Å²) < 4.78 is 6.07. The van der Waals surface area contributed by atoms with Crippen molar-refractivity contribution in [3.8, 4) is 22.8 Å². The minimum atomic E-state index is 0.806. The van der Waals surface area contributed by atoms with Crippen LogP contribution in [0.15, 0.2) is 54.9 Å². The van der Waals surface area contributed by atoms with Crippen LogP contribution in [0, 0.1) is 13.8 Å². The van der Waals surface area contributed by atoms with E-state index in [1.54, 1.807) is 0 Å². The SMILES string of the molecule is CCCc1cnc(-c2cccc(Oc3cccc(C)c3C)c2)cn1. The smallest absolute Gasteiger partial charge is 0.130 e. The van der Waals surface area contributed by atoms with Crippen LogP contribution in [0.2, 0.25) is 0 Å². The lowest BCUT2D eigenvalue weighted by Crippen LogP contribution is -1.93. The Morgan fingerprint density at radius 3 is 2.54 bits per heavy atom. The first kappa shape index (κ1) is 16.2. The number of nitrogens with zero attached hydrogens (tertiary/aromatic N) is 2. The minimum absolute atomic E-state index is 0.806. The van der Waals surface area contributed by atoms with Crippen LogP contribution >= 0.6 is 0 Å². The number of aryl methyl sites for hydroxylation is 2. The molecule has 0 bridgehead atoms. The molecule has 0 aliphatic carbocycles. The molecule has 0 atom stereocenters. The zero-order valence-corrected chi connectivity index (χ0v) is 14.4. The lowest BCUT2D eigenvalue weighted by Gasteiger charge is -2.11. The zero-order valence-electron chi connectivity index (χ0n) is 14.4. The van der Waals surface area contributed by atoms with Gasteiger partial charge in [0.15, 0.2) is 0 Å². The summed E-state index contributed by atoms with van der Waals surface area (Å²) in [4.78, 5) is 9.01. The highest BCUT2D eigenvalue weighted by atomic mass is 16.5. The van der Waals surface area contributed by atoms with Crippen LogP contribution in [0.3, 0.4) is 0 Å². The van der Waals surface area contributed by atoms with Crippen molar-refractivity contribution in [3.63, 3.8) is 0 Å². The van der Waals surface area contributed by atoms with Crippen LogP contribution in [0.25, 0.3) is 11.3 Å². The third-order valence-corrected chi connectivity index (χ3v) is 4.12. The normalized spacial score (nSPS) is 10.6. The van der Waals surface area contributed by atoms with E-state index in [1.807, 2.05) is 48.8 Å². The fourth-order valence-corrected chi connectivity index (χ4v) is 2.57. The highest BCUT2D eigenvalue weighted by Crippen LogP contribution is 2.29. The van der Waals surface area contributed by atoms with Crippen molar-refractivity contribution in [1.29, 1.82) is 0 Å². The average Bonchev–Trinajstić information content (AvgIpc) is 2.60. The Hall–Kier alpha value is -2.68.